The molecule has 0 atom stereocenters. The van der Waals surface area contributed by atoms with E-state index < -0.39 is 5.97 Å². The van der Waals surface area contributed by atoms with E-state index in [1.54, 1.807) is 4.90 Å². The van der Waals surface area contributed by atoms with E-state index in [9.17, 15) is 14.4 Å². The normalized spacial score (nSPS) is 9.89. The zero-order chi connectivity index (χ0) is 14.0. The third kappa shape index (κ3) is 9.95. The van der Waals surface area contributed by atoms with Crippen LogP contribution in [0.4, 0.5) is 0 Å². The average Bonchev–Trinajstić information content (AvgIpc) is 2.25. The van der Waals surface area contributed by atoms with Crippen molar-refractivity contribution < 1.29 is 19.5 Å². The Bertz CT molecular complexity index is 297. The van der Waals surface area contributed by atoms with Crippen LogP contribution in [0.1, 0.15) is 20.3 Å². The lowest BCUT2D eigenvalue weighted by Gasteiger charge is -2.20. The standard InChI is InChI=1S/C11H20N2O4S/c1-9(14)12-4-5-13(10(2)15)6-8-18-7-3-11(16)17/h3-8H2,1-2H3,(H,12,14)(H,16,17). The van der Waals surface area contributed by atoms with E-state index in [4.69, 9.17) is 5.11 Å². The van der Waals surface area contributed by atoms with Gasteiger partial charge >= 0.3 is 5.97 Å². The second-order valence-corrected chi connectivity index (χ2v) is 4.97. The van der Waals surface area contributed by atoms with Gasteiger partial charge in [-0.15, -0.1) is 0 Å². The first-order valence-corrected chi connectivity index (χ1v) is 6.88. The van der Waals surface area contributed by atoms with Crippen molar-refractivity contribution in [2.24, 2.45) is 0 Å². The fourth-order valence-electron chi connectivity index (χ4n) is 1.23. The number of nitrogens with zero attached hydrogens (tertiary/aromatic N) is 1. The van der Waals surface area contributed by atoms with Gasteiger partial charge in [0, 0.05) is 45.0 Å². The Morgan fingerprint density at radius 1 is 1.17 bits per heavy atom. The SMILES string of the molecule is CC(=O)NCCN(CCSCCC(=O)O)C(C)=O. The van der Waals surface area contributed by atoms with Crippen LogP contribution in [0.3, 0.4) is 0 Å². The van der Waals surface area contributed by atoms with E-state index in [1.807, 2.05) is 0 Å². The van der Waals surface area contributed by atoms with Crippen molar-refractivity contribution in [1.82, 2.24) is 10.2 Å². The van der Waals surface area contributed by atoms with Crippen molar-refractivity contribution >= 4 is 29.5 Å². The molecule has 0 aliphatic heterocycles. The van der Waals surface area contributed by atoms with Gasteiger partial charge in [-0.05, 0) is 0 Å². The quantitative estimate of drug-likeness (QED) is 0.587. The number of aliphatic carboxylic acids is 1. The zero-order valence-electron chi connectivity index (χ0n) is 10.8. The van der Waals surface area contributed by atoms with Crippen LogP contribution in [0.25, 0.3) is 0 Å². The molecule has 0 rings (SSSR count). The fraction of sp³-hybridized carbons (Fsp3) is 0.727. The highest BCUT2D eigenvalue weighted by Gasteiger charge is 2.08. The summed E-state index contributed by atoms with van der Waals surface area (Å²) in [6, 6.07) is 0. The van der Waals surface area contributed by atoms with Crippen LogP contribution in [0.2, 0.25) is 0 Å². The predicted octanol–water partition coefficient (Wildman–Crippen LogP) is 0.179. The molecule has 0 radical (unpaired) electrons. The Hall–Kier alpha value is -1.24. The lowest BCUT2D eigenvalue weighted by Crippen LogP contribution is -2.38. The molecule has 2 amide bonds. The molecule has 0 heterocycles. The van der Waals surface area contributed by atoms with E-state index >= 15 is 0 Å². The largest absolute Gasteiger partial charge is 0.481 e. The molecule has 104 valence electrons. The molecule has 0 fully saturated rings. The Kier molecular flexibility index (Phi) is 9.08. The third-order valence-electron chi connectivity index (χ3n) is 2.17. The minimum atomic E-state index is -0.809. The summed E-state index contributed by atoms with van der Waals surface area (Å²) in [7, 11) is 0. The van der Waals surface area contributed by atoms with Crippen molar-refractivity contribution in [1.29, 1.82) is 0 Å². The number of carboxylic acids is 1. The number of carboxylic acid groups (broad SMARTS) is 1. The van der Waals surface area contributed by atoms with Gasteiger partial charge in [-0.1, -0.05) is 0 Å². The average molecular weight is 276 g/mol. The Morgan fingerprint density at radius 2 is 1.83 bits per heavy atom. The molecule has 18 heavy (non-hydrogen) atoms. The van der Waals surface area contributed by atoms with E-state index in [-0.39, 0.29) is 18.2 Å². The Labute approximate surface area is 111 Å². The van der Waals surface area contributed by atoms with Gasteiger partial charge in [0.15, 0.2) is 0 Å². The van der Waals surface area contributed by atoms with E-state index in [0.29, 0.717) is 31.1 Å². The van der Waals surface area contributed by atoms with Gasteiger partial charge in [-0.3, -0.25) is 14.4 Å². The van der Waals surface area contributed by atoms with Crippen LogP contribution in [-0.4, -0.2) is 58.9 Å². The van der Waals surface area contributed by atoms with Crippen molar-refractivity contribution in [3.63, 3.8) is 0 Å². The zero-order valence-corrected chi connectivity index (χ0v) is 11.6. The van der Waals surface area contributed by atoms with Gasteiger partial charge in [0.25, 0.3) is 0 Å². The predicted molar refractivity (Wildman–Crippen MR) is 70.5 cm³/mol. The molecule has 0 aromatic rings. The summed E-state index contributed by atoms with van der Waals surface area (Å²) in [5.41, 5.74) is 0. The first-order valence-electron chi connectivity index (χ1n) is 5.73. The summed E-state index contributed by atoms with van der Waals surface area (Å²) in [5.74, 6) is 0.282. The topological polar surface area (TPSA) is 86.7 Å². The van der Waals surface area contributed by atoms with Crippen molar-refractivity contribution in [3.8, 4) is 0 Å². The molecule has 0 bridgehead atoms. The molecule has 7 heteroatoms. The van der Waals surface area contributed by atoms with Crippen molar-refractivity contribution in [3.05, 3.63) is 0 Å². The Balaban J connectivity index is 3.73. The van der Waals surface area contributed by atoms with Crippen LogP contribution in [0, 0.1) is 0 Å². The molecule has 2 N–H and O–H groups in total. The second kappa shape index (κ2) is 9.76. The molecule has 6 nitrogen and oxygen atoms in total. The molecule has 0 saturated carbocycles. The van der Waals surface area contributed by atoms with E-state index in [0.717, 1.165) is 0 Å². The first-order chi connectivity index (χ1) is 8.43. The highest BCUT2D eigenvalue weighted by atomic mass is 32.2. The maximum atomic E-state index is 11.3. The van der Waals surface area contributed by atoms with Crippen LogP contribution >= 0.6 is 11.8 Å². The van der Waals surface area contributed by atoms with Gasteiger partial charge in [0.05, 0.1) is 6.42 Å². The molecule has 0 spiro atoms. The molecule has 0 saturated heterocycles. The van der Waals surface area contributed by atoms with Gasteiger partial charge in [-0.25, -0.2) is 0 Å². The van der Waals surface area contributed by atoms with Gasteiger partial charge in [0.2, 0.25) is 11.8 Å². The lowest BCUT2D eigenvalue weighted by molar-refractivity contribution is -0.136. The maximum Gasteiger partial charge on any atom is 0.304 e. The monoisotopic (exact) mass is 276 g/mol. The number of rotatable bonds is 9. The number of amides is 2. The fourth-order valence-corrected chi connectivity index (χ4v) is 2.10. The number of hydrogen-bond acceptors (Lipinski definition) is 4. The maximum absolute atomic E-state index is 11.3. The summed E-state index contributed by atoms with van der Waals surface area (Å²) >= 11 is 1.51. The molecular formula is C11H20N2O4S. The molecule has 0 aromatic carbocycles. The molecule has 0 unspecified atom stereocenters. The van der Waals surface area contributed by atoms with Crippen LogP contribution in [-0.2, 0) is 14.4 Å². The number of nitrogens with one attached hydrogen (secondary N) is 1. The first kappa shape index (κ1) is 16.8. The van der Waals surface area contributed by atoms with Crippen LogP contribution < -0.4 is 5.32 Å². The smallest absolute Gasteiger partial charge is 0.304 e. The molecule has 0 aliphatic carbocycles. The number of carbonyl (C=O) groups excluding carboxylic acids is 2. The summed E-state index contributed by atoms with van der Waals surface area (Å²) in [6.07, 6.45) is 0.136. The molecular weight excluding hydrogens is 256 g/mol. The van der Waals surface area contributed by atoms with Crippen molar-refractivity contribution in [2.75, 3.05) is 31.1 Å². The van der Waals surface area contributed by atoms with Gasteiger partial charge in [-0.2, -0.15) is 11.8 Å². The molecule has 0 aromatic heterocycles. The lowest BCUT2D eigenvalue weighted by atomic mass is 10.4. The second-order valence-electron chi connectivity index (χ2n) is 3.75. The van der Waals surface area contributed by atoms with E-state index in [1.165, 1.54) is 25.6 Å². The third-order valence-corrected chi connectivity index (χ3v) is 3.13. The number of carbonyl (C=O) groups is 3. The van der Waals surface area contributed by atoms with Crippen LogP contribution in [0.5, 0.6) is 0 Å². The number of hydrogen-bond donors (Lipinski definition) is 2. The van der Waals surface area contributed by atoms with Crippen molar-refractivity contribution in [2.45, 2.75) is 20.3 Å². The highest BCUT2D eigenvalue weighted by molar-refractivity contribution is 7.99. The van der Waals surface area contributed by atoms with Gasteiger partial charge in [0.1, 0.15) is 0 Å². The highest BCUT2D eigenvalue weighted by Crippen LogP contribution is 2.03. The summed E-state index contributed by atoms with van der Waals surface area (Å²) in [6.45, 7) is 4.40. The minimum Gasteiger partial charge on any atom is -0.481 e. The summed E-state index contributed by atoms with van der Waals surface area (Å²) in [4.78, 5) is 33.9. The minimum absolute atomic E-state index is 0.0424. The summed E-state index contributed by atoms with van der Waals surface area (Å²) in [5, 5.41) is 11.1. The Morgan fingerprint density at radius 3 is 2.33 bits per heavy atom. The van der Waals surface area contributed by atoms with Crippen LogP contribution in [0.15, 0.2) is 0 Å². The number of thioether (sulfide) groups is 1. The molecule has 0 aliphatic rings. The van der Waals surface area contributed by atoms with E-state index in [2.05, 4.69) is 5.32 Å². The summed E-state index contributed by atoms with van der Waals surface area (Å²) < 4.78 is 0. The van der Waals surface area contributed by atoms with Gasteiger partial charge < -0.3 is 15.3 Å².